The average Bonchev–Trinajstić information content (AvgIpc) is 3.22. The first-order valence-corrected chi connectivity index (χ1v) is 10.9. The van der Waals surface area contributed by atoms with Gasteiger partial charge in [0, 0.05) is 28.3 Å². The van der Waals surface area contributed by atoms with Gasteiger partial charge in [-0.3, -0.25) is 29.5 Å². The van der Waals surface area contributed by atoms with E-state index in [1.54, 1.807) is 36.4 Å². The molecule has 4 rings (SSSR count). The Labute approximate surface area is 204 Å². The Bertz CT molecular complexity index is 1240. The van der Waals surface area contributed by atoms with E-state index in [0.29, 0.717) is 16.3 Å². The van der Waals surface area contributed by atoms with E-state index in [0.717, 1.165) is 0 Å². The van der Waals surface area contributed by atoms with Crippen molar-refractivity contribution in [2.45, 2.75) is 12.1 Å². The largest absolute Gasteiger partial charge is 0.469 e. The fraction of sp³-hybridized carbons (Fsp3) is 0.250. The number of Topliss-reactive ketones (excluding diaryl/α,β-unsaturated/α-hetero) is 1. The summed E-state index contributed by atoms with van der Waals surface area (Å²) in [6.07, 6.45) is 3.39. The van der Waals surface area contributed by atoms with Crippen molar-refractivity contribution in [1.82, 2.24) is 5.01 Å². The number of hydrogen-bond acceptors (Lipinski definition) is 9. The van der Waals surface area contributed by atoms with Crippen molar-refractivity contribution in [1.29, 1.82) is 0 Å². The molecule has 2 aliphatic heterocycles. The number of halogens is 1. The molecule has 0 aromatic heterocycles. The number of hydrazone groups is 1. The van der Waals surface area contributed by atoms with Gasteiger partial charge in [0.25, 0.3) is 5.69 Å². The van der Waals surface area contributed by atoms with Gasteiger partial charge in [0.05, 0.1) is 36.8 Å². The zero-order valence-corrected chi connectivity index (χ0v) is 19.4. The molecule has 1 saturated heterocycles. The molecule has 0 N–H and O–H groups in total. The monoisotopic (exact) mass is 497 g/mol. The SMILES string of the molecule is COC(=O)[C@H]1C2C=CC(c3ccc(Cl)cc3)=NN2C(C(=O)c2ccc([N+](=O)[O-])cc2)[C@@H]1C(=O)OC. The van der Waals surface area contributed by atoms with E-state index < -0.39 is 46.6 Å². The third-order valence-electron chi connectivity index (χ3n) is 6.08. The predicted octanol–water partition coefficient (Wildman–Crippen LogP) is 3.04. The Balaban J connectivity index is 1.82. The lowest BCUT2D eigenvalue weighted by Crippen LogP contribution is -2.43. The molecule has 0 spiro atoms. The number of ketones is 1. The number of methoxy groups -OCH3 is 2. The summed E-state index contributed by atoms with van der Waals surface area (Å²) in [5.41, 5.74) is 1.14. The van der Waals surface area contributed by atoms with E-state index in [-0.39, 0.29) is 11.3 Å². The number of non-ortho nitro benzene ring substituents is 1. The molecule has 2 heterocycles. The summed E-state index contributed by atoms with van der Waals surface area (Å²) >= 11 is 5.98. The molecule has 2 aromatic rings. The number of carbonyl (C=O) groups excluding carboxylic acids is 3. The van der Waals surface area contributed by atoms with Crippen LogP contribution in [0.2, 0.25) is 5.02 Å². The van der Waals surface area contributed by atoms with E-state index in [4.69, 9.17) is 21.1 Å². The third-order valence-corrected chi connectivity index (χ3v) is 6.33. The van der Waals surface area contributed by atoms with Crippen LogP contribution in [0.4, 0.5) is 5.69 Å². The first-order valence-electron chi connectivity index (χ1n) is 10.5. The molecule has 10 nitrogen and oxygen atoms in total. The molecule has 1 fully saturated rings. The Morgan fingerprint density at radius 2 is 1.57 bits per heavy atom. The van der Waals surface area contributed by atoms with Crippen molar-refractivity contribution >= 4 is 40.7 Å². The number of nitro benzene ring substituents is 1. The van der Waals surface area contributed by atoms with Gasteiger partial charge < -0.3 is 9.47 Å². The van der Waals surface area contributed by atoms with E-state index in [9.17, 15) is 24.5 Å². The highest BCUT2D eigenvalue weighted by atomic mass is 35.5. The van der Waals surface area contributed by atoms with Crippen LogP contribution < -0.4 is 0 Å². The van der Waals surface area contributed by atoms with Gasteiger partial charge in [0.1, 0.15) is 12.0 Å². The van der Waals surface area contributed by atoms with E-state index in [1.807, 2.05) is 0 Å². The van der Waals surface area contributed by atoms with Gasteiger partial charge in [-0.1, -0.05) is 29.8 Å². The third kappa shape index (κ3) is 4.40. The Kier molecular flexibility index (Phi) is 6.65. The van der Waals surface area contributed by atoms with E-state index in [1.165, 1.54) is 43.5 Å². The summed E-state index contributed by atoms with van der Waals surface area (Å²) in [5.74, 6) is -4.29. The van der Waals surface area contributed by atoms with Gasteiger partial charge in [-0.05, 0) is 30.3 Å². The normalized spacial score (nSPS) is 22.7. The Morgan fingerprint density at radius 3 is 2.14 bits per heavy atom. The summed E-state index contributed by atoms with van der Waals surface area (Å²) in [5, 5.41) is 17.6. The summed E-state index contributed by atoms with van der Waals surface area (Å²) in [6.45, 7) is 0. The number of nitrogens with zero attached hydrogens (tertiary/aromatic N) is 3. The van der Waals surface area contributed by atoms with Crippen LogP contribution in [-0.4, -0.2) is 59.7 Å². The minimum atomic E-state index is -1.22. The average molecular weight is 498 g/mol. The lowest BCUT2D eigenvalue weighted by Gasteiger charge is -2.29. The molecular formula is C24H20ClN3O7. The summed E-state index contributed by atoms with van der Waals surface area (Å²) in [4.78, 5) is 49.8. The molecule has 0 aliphatic carbocycles. The van der Waals surface area contributed by atoms with Gasteiger partial charge in [-0.25, -0.2) is 0 Å². The number of nitro groups is 1. The molecule has 0 radical (unpaired) electrons. The number of benzene rings is 2. The molecule has 2 aliphatic rings. The van der Waals surface area contributed by atoms with Crippen molar-refractivity contribution < 1.29 is 28.8 Å². The minimum absolute atomic E-state index is 0.122. The van der Waals surface area contributed by atoms with Gasteiger partial charge in [-0.2, -0.15) is 5.10 Å². The number of allylic oxidation sites excluding steroid dienone is 1. The molecule has 2 unspecified atom stereocenters. The highest BCUT2D eigenvalue weighted by Gasteiger charge is 2.59. The van der Waals surface area contributed by atoms with E-state index >= 15 is 0 Å². The van der Waals surface area contributed by atoms with Crippen LogP contribution in [0.5, 0.6) is 0 Å². The Morgan fingerprint density at radius 1 is 0.971 bits per heavy atom. The number of ether oxygens (including phenoxy) is 2. The van der Waals surface area contributed by atoms with Crippen molar-refractivity contribution in [2.75, 3.05) is 14.2 Å². The van der Waals surface area contributed by atoms with Crippen LogP contribution >= 0.6 is 11.6 Å². The van der Waals surface area contributed by atoms with Crippen molar-refractivity contribution in [3.05, 3.63) is 86.9 Å². The molecule has 0 amide bonds. The van der Waals surface area contributed by atoms with Gasteiger partial charge >= 0.3 is 11.9 Å². The zero-order valence-electron chi connectivity index (χ0n) is 18.7. The lowest BCUT2D eigenvalue weighted by molar-refractivity contribution is -0.384. The molecule has 0 bridgehead atoms. The van der Waals surface area contributed by atoms with Crippen LogP contribution in [0.25, 0.3) is 0 Å². The molecule has 35 heavy (non-hydrogen) atoms. The number of hydrogen-bond donors (Lipinski definition) is 0. The first-order chi connectivity index (χ1) is 16.8. The second-order valence-electron chi connectivity index (χ2n) is 7.93. The van der Waals surface area contributed by atoms with Crippen LogP contribution in [-0.2, 0) is 19.1 Å². The highest BCUT2D eigenvalue weighted by Crippen LogP contribution is 2.41. The minimum Gasteiger partial charge on any atom is -0.469 e. The molecule has 180 valence electrons. The standard InChI is InChI=1S/C24H20ClN3O7/c1-34-23(30)19-18-12-11-17(13-3-7-15(25)8-4-13)26-27(18)21(20(19)24(31)35-2)22(29)14-5-9-16(10-6-14)28(32)33/h3-12,18-21H,1-2H3/t18?,19-,20+,21?/m0/s1. The maximum absolute atomic E-state index is 13.7. The van der Waals surface area contributed by atoms with Crippen LogP contribution in [0.3, 0.4) is 0 Å². The topological polar surface area (TPSA) is 128 Å². The van der Waals surface area contributed by atoms with Crippen LogP contribution in [0.15, 0.2) is 65.8 Å². The Hall–Kier alpha value is -4.05. The number of carbonyl (C=O) groups is 3. The van der Waals surface area contributed by atoms with Crippen LogP contribution in [0.1, 0.15) is 15.9 Å². The fourth-order valence-electron chi connectivity index (χ4n) is 4.42. The van der Waals surface area contributed by atoms with E-state index in [2.05, 4.69) is 5.10 Å². The smallest absolute Gasteiger partial charge is 0.312 e. The summed E-state index contributed by atoms with van der Waals surface area (Å²) in [7, 11) is 2.36. The number of esters is 2. The lowest BCUT2D eigenvalue weighted by atomic mass is 9.84. The van der Waals surface area contributed by atoms with Gasteiger partial charge in [0.15, 0.2) is 5.78 Å². The van der Waals surface area contributed by atoms with Crippen molar-refractivity contribution in [3.63, 3.8) is 0 Å². The predicted molar refractivity (Wildman–Crippen MR) is 125 cm³/mol. The molecule has 11 heteroatoms. The quantitative estimate of drug-likeness (QED) is 0.258. The second-order valence-corrected chi connectivity index (χ2v) is 8.37. The number of rotatable bonds is 6. The first kappa shape index (κ1) is 24.1. The number of fused-ring (bicyclic) bond motifs is 1. The maximum Gasteiger partial charge on any atom is 0.312 e. The van der Waals surface area contributed by atoms with Crippen LogP contribution in [0, 0.1) is 22.0 Å². The van der Waals surface area contributed by atoms with Gasteiger partial charge in [-0.15, -0.1) is 0 Å². The molecular weight excluding hydrogens is 478 g/mol. The fourth-order valence-corrected chi connectivity index (χ4v) is 4.54. The highest BCUT2D eigenvalue weighted by molar-refractivity contribution is 6.30. The summed E-state index contributed by atoms with van der Waals surface area (Å²) in [6, 6.07) is 9.92. The van der Waals surface area contributed by atoms with Crippen molar-refractivity contribution in [3.8, 4) is 0 Å². The summed E-state index contributed by atoms with van der Waals surface area (Å²) < 4.78 is 9.91. The second kappa shape index (κ2) is 9.67. The molecule has 2 aromatic carbocycles. The van der Waals surface area contributed by atoms with Crippen molar-refractivity contribution in [2.24, 2.45) is 16.9 Å². The zero-order chi connectivity index (χ0) is 25.3. The maximum atomic E-state index is 13.7. The molecule has 4 atom stereocenters. The van der Waals surface area contributed by atoms with Gasteiger partial charge in [0.2, 0.25) is 0 Å². The molecule has 0 saturated carbocycles.